The molecule has 0 bridgehead atoms. The summed E-state index contributed by atoms with van der Waals surface area (Å²) in [5.41, 5.74) is 1.60. The SMILES string of the molecule is CN(C)/C=N/c1nc2c(ncn2COCCOP(=O)(N[C@@H](Cc2ccccc2)C(=O)OCc2ccccc2)Oc2ccccc2)c(=O)[nH]1. The molecule has 250 valence electrons. The van der Waals surface area contributed by atoms with E-state index in [1.54, 1.807) is 49.3 Å². The third-order valence-electron chi connectivity index (χ3n) is 6.67. The van der Waals surface area contributed by atoms with Crippen molar-refractivity contribution in [3.8, 4) is 5.75 Å². The molecule has 1 unspecified atom stereocenters. The Morgan fingerprint density at radius 2 is 1.67 bits per heavy atom. The lowest BCUT2D eigenvalue weighted by molar-refractivity contribution is -0.147. The third-order valence-corrected chi connectivity index (χ3v) is 8.27. The van der Waals surface area contributed by atoms with Crippen LogP contribution in [0.2, 0.25) is 0 Å². The zero-order chi connectivity index (χ0) is 33.8. The molecule has 48 heavy (non-hydrogen) atoms. The van der Waals surface area contributed by atoms with E-state index in [4.69, 9.17) is 18.5 Å². The summed E-state index contributed by atoms with van der Waals surface area (Å²) >= 11 is 0. The number of aromatic nitrogens is 4. The number of rotatable bonds is 17. The molecule has 0 saturated carbocycles. The molecule has 0 fully saturated rings. The second kappa shape index (κ2) is 16.6. The van der Waals surface area contributed by atoms with Crippen LogP contribution in [0.1, 0.15) is 11.1 Å². The molecule has 5 rings (SSSR count). The van der Waals surface area contributed by atoms with Gasteiger partial charge in [0.05, 0.1) is 25.9 Å². The van der Waals surface area contributed by atoms with Gasteiger partial charge in [0.25, 0.3) is 5.56 Å². The van der Waals surface area contributed by atoms with Crippen LogP contribution in [0.15, 0.2) is 107 Å². The van der Waals surface area contributed by atoms with E-state index in [0.29, 0.717) is 0 Å². The summed E-state index contributed by atoms with van der Waals surface area (Å²) in [5.74, 6) is -0.230. The first-order valence-corrected chi connectivity index (χ1v) is 16.6. The molecule has 2 aromatic heterocycles. The van der Waals surface area contributed by atoms with E-state index >= 15 is 0 Å². The molecule has 2 heterocycles. The van der Waals surface area contributed by atoms with Crippen molar-refractivity contribution in [1.29, 1.82) is 0 Å². The van der Waals surface area contributed by atoms with Crippen LogP contribution in [-0.4, -0.2) is 70.1 Å². The standard InChI is InChI=1S/C33H36N7O7P/c1-39(2)22-35-33-36-30-29(31(41)37-33)34-23-40(30)24-44-18-19-46-48(43,47-27-16-10-5-11-17-27)38-28(20-25-12-6-3-7-13-25)32(42)45-21-26-14-8-4-9-15-26/h3-17,22-23,28H,18-21,24H2,1-2H3,(H,38,43)(H,36,37,41)/b35-22+/t28-,48?/m0/s1. The van der Waals surface area contributed by atoms with Gasteiger partial charge < -0.3 is 18.9 Å². The van der Waals surface area contributed by atoms with E-state index in [2.05, 4.69) is 25.0 Å². The van der Waals surface area contributed by atoms with Crippen molar-refractivity contribution in [3.05, 3.63) is 119 Å². The number of imidazole rings is 1. The van der Waals surface area contributed by atoms with Gasteiger partial charge >= 0.3 is 13.7 Å². The summed E-state index contributed by atoms with van der Waals surface area (Å²) in [5, 5.41) is 2.83. The summed E-state index contributed by atoms with van der Waals surface area (Å²) in [6, 6.07) is 26.0. The molecule has 2 N–H and O–H groups in total. The molecular weight excluding hydrogens is 637 g/mol. The largest absolute Gasteiger partial charge is 0.460 e. The van der Waals surface area contributed by atoms with Crippen LogP contribution >= 0.6 is 7.75 Å². The van der Waals surface area contributed by atoms with E-state index in [0.717, 1.165) is 11.1 Å². The number of carbonyl (C=O) groups is 1. The Kier molecular flexibility index (Phi) is 11.8. The lowest BCUT2D eigenvalue weighted by Crippen LogP contribution is -2.39. The zero-order valence-electron chi connectivity index (χ0n) is 26.5. The number of esters is 1. The molecule has 0 saturated heterocycles. The van der Waals surface area contributed by atoms with Crippen LogP contribution in [0, 0.1) is 0 Å². The Morgan fingerprint density at radius 3 is 2.35 bits per heavy atom. The average Bonchev–Trinajstić information content (AvgIpc) is 3.50. The van der Waals surface area contributed by atoms with E-state index in [-0.39, 0.29) is 55.8 Å². The predicted molar refractivity (Wildman–Crippen MR) is 180 cm³/mol. The summed E-state index contributed by atoms with van der Waals surface area (Å²) in [6.07, 6.45) is 3.10. The number of carbonyl (C=O) groups excluding carboxylic acids is 1. The smallest absolute Gasteiger partial charge is 0.459 e. The molecule has 2 atom stereocenters. The Balaban J connectivity index is 1.27. The predicted octanol–water partition coefficient (Wildman–Crippen LogP) is 4.46. The fraction of sp³-hybridized carbons (Fsp3) is 0.242. The first-order valence-electron chi connectivity index (χ1n) is 15.0. The fourth-order valence-electron chi connectivity index (χ4n) is 4.41. The van der Waals surface area contributed by atoms with Gasteiger partial charge in [0.2, 0.25) is 5.95 Å². The van der Waals surface area contributed by atoms with Crippen LogP contribution in [0.3, 0.4) is 0 Å². The third kappa shape index (κ3) is 9.93. The number of nitrogens with one attached hydrogen (secondary N) is 2. The second-order valence-electron chi connectivity index (χ2n) is 10.7. The van der Waals surface area contributed by atoms with Crippen LogP contribution in [0.5, 0.6) is 5.75 Å². The highest BCUT2D eigenvalue weighted by Crippen LogP contribution is 2.45. The number of aromatic amines is 1. The van der Waals surface area contributed by atoms with Gasteiger partial charge in [-0.15, -0.1) is 0 Å². The number of H-pyrrole nitrogens is 1. The van der Waals surface area contributed by atoms with Gasteiger partial charge in [-0.3, -0.25) is 23.7 Å². The fourth-order valence-corrected chi connectivity index (χ4v) is 5.88. The van der Waals surface area contributed by atoms with Crippen LogP contribution in [0.4, 0.5) is 5.95 Å². The summed E-state index contributed by atoms with van der Waals surface area (Å²) in [4.78, 5) is 42.8. The van der Waals surface area contributed by atoms with Gasteiger partial charge in [0.1, 0.15) is 25.1 Å². The van der Waals surface area contributed by atoms with Crippen molar-refractivity contribution in [2.24, 2.45) is 4.99 Å². The highest BCUT2D eigenvalue weighted by atomic mass is 31.2. The Morgan fingerprint density at radius 1 is 1.00 bits per heavy atom. The molecule has 0 radical (unpaired) electrons. The topological polar surface area (TPSA) is 162 Å². The molecule has 0 amide bonds. The quantitative estimate of drug-likeness (QED) is 0.0471. The van der Waals surface area contributed by atoms with Gasteiger partial charge in [0, 0.05) is 14.1 Å². The number of nitrogens with zero attached hydrogens (tertiary/aromatic N) is 5. The van der Waals surface area contributed by atoms with Crippen molar-refractivity contribution < 1.29 is 27.9 Å². The molecule has 3 aromatic carbocycles. The van der Waals surface area contributed by atoms with E-state index in [9.17, 15) is 14.2 Å². The number of hydrogen-bond acceptors (Lipinski definition) is 10. The van der Waals surface area contributed by atoms with Crippen molar-refractivity contribution in [2.75, 3.05) is 27.3 Å². The summed E-state index contributed by atoms with van der Waals surface area (Å²) < 4.78 is 38.7. The maximum absolute atomic E-state index is 14.2. The van der Waals surface area contributed by atoms with E-state index < -0.39 is 25.3 Å². The van der Waals surface area contributed by atoms with Gasteiger partial charge in [-0.1, -0.05) is 78.9 Å². The number of fused-ring (bicyclic) bond motifs is 1. The van der Waals surface area contributed by atoms with Crippen molar-refractivity contribution in [1.82, 2.24) is 29.5 Å². The van der Waals surface area contributed by atoms with Crippen LogP contribution in [-0.2, 0) is 43.1 Å². The lowest BCUT2D eigenvalue weighted by atomic mass is 10.1. The van der Waals surface area contributed by atoms with Crippen molar-refractivity contribution in [2.45, 2.75) is 25.8 Å². The molecule has 15 heteroatoms. The van der Waals surface area contributed by atoms with Gasteiger partial charge in [-0.25, -0.2) is 14.5 Å². The first kappa shape index (κ1) is 34.2. The monoisotopic (exact) mass is 673 g/mol. The summed E-state index contributed by atoms with van der Waals surface area (Å²) in [6.45, 7) is -0.196. The van der Waals surface area contributed by atoms with Crippen molar-refractivity contribution in [3.63, 3.8) is 0 Å². The minimum absolute atomic E-state index is 0.0277. The molecule has 0 aliphatic rings. The van der Waals surface area contributed by atoms with E-state index in [1.165, 1.54) is 17.2 Å². The van der Waals surface area contributed by atoms with Crippen molar-refractivity contribution >= 4 is 37.2 Å². The second-order valence-corrected chi connectivity index (χ2v) is 12.4. The Bertz CT molecular complexity index is 1900. The number of benzene rings is 3. The van der Waals surface area contributed by atoms with Gasteiger partial charge in [-0.05, 0) is 29.7 Å². The highest BCUT2D eigenvalue weighted by molar-refractivity contribution is 7.52. The Hall–Kier alpha value is -5.14. The maximum atomic E-state index is 14.2. The highest BCUT2D eigenvalue weighted by Gasteiger charge is 2.34. The normalized spacial score (nSPS) is 13.3. The van der Waals surface area contributed by atoms with E-state index in [1.807, 2.05) is 60.7 Å². The number of para-hydroxylation sites is 1. The Labute approximate surface area is 277 Å². The number of ether oxygens (including phenoxy) is 2. The molecule has 5 aromatic rings. The zero-order valence-corrected chi connectivity index (χ0v) is 27.4. The summed E-state index contributed by atoms with van der Waals surface area (Å²) in [7, 11) is -0.595. The van der Waals surface area contributed by atoms with Gasteiger partial charge in [0.15, 0.2) is 11.2 Å². The number of aliphatic imine (C=N–C) groups is 1. The molecular formula is C33H36N7O7P. The van der Waals surface area contributed by atoms with Gasteiger partial charge in [-0.2, -0.15) is 10.1 Å². The lowest BCUT2D eigenvalue weighted by Gasteiger charge is -2.25. The van der Waals surface area contributed by atoms with Crippen LogP contribution in [0.25, 0.3) is 11.2 Å². The molecule has 0 aliphatic heterocycles. The minimum atomic E-state index is -4.18. The molecule has 14 nitrogen and oxygen atoms in total. The van der Waals surface area contributed by atoms with Crippen LogP contribution < -0.4 is 15.2 Å². The first-order chi connectivity index (χ1) is 23.3. The minimum Gasteiger partial charge on any atom is -0.460 e. The molecule has 0 aliphatic carbocycles. The molecule has 0 spiro atoms. The maximum Gasteiger partial charge on any atom is 0.459 e. The average molecular weight is 674 g/mol. The number of hydrogen-bond donors (Lipinski definition) is 2.